The summed E-state index contributed by atoms with van der Waals surface area (Å²) >= 11 is 0. The summed E-state index contributed by atoms with van der Waals surface area (Å²) in [5.74, 6) is -1.46. The number of nitrogens with one attached hydrogen (secondary N) is 1. The smallest absolute Gasteiger partial charge is 0.416 e. The summed E-state index contributed by atoms with van der Waals surface area (Å²) in [5.41, 5.74) is -1.19. The van der Waals surface area contributed by atoms with Gasteiger partial charge in [-0.3, -0.25) is 4.72 Å². The SMILES string of the molecule is COc1cc(/C=C/C(=O)O)cc(S(=O)(=O)Nc2ccc(C)c(C(F)(F)F)c2)c1OC. The number of carboxylic acids is 1. The van der Waals surface area contributed by atoms with Crippen LogP contribution in [0, 0.1) is 6.92 Å². The Labute approximate surface area is 170 Å². The molecule has 0 amide bonds. The number of methoxy groups -OCH3 is 2. The van der Waals surface area contributed by atoms with Gasteiger partial charge >= 0.3 is 12.1 Å². The van der Waals surface area contributed by atoms with E-state index in [0.717, 1.165) is 24.3 Å². The predicted octanol–water partition coefficient (Wildman–Crippen LogP) is 3.93. The number of ether oxygens (including phenoxy) is 2. The van der Waals surface area contributed by atoms with Crippen LogP contribution in [0.25, 0.3) is 6.08 Å². The number of rotatable bonds is 7. The van der Waals surface area contributed by atoms with E-state index in [-0.39, 0.29) is 28.3 Å². The van der Waals surface area contributed by atoms with Crippen molar-refractivity contribution in [1.82, 2.24) is 0 Å². The number of anilines is 1. The maximum atomic E-state index is 13.1. The topological polar surface area (TPSA) is 102 Å². The van der Waals surface area contributed by atoms with Crippen molar-refractivity contribution in [1.29, 1.82) is 0 Å². The van der Waals surface area contributed by atoms with Crippen molar-refractivity contribution >= 4 is 27.8 Å². The molecule has 0 atom stereocenters. The molecule has 0 heterocycles. The van der Waals surface area contributed by atoms with E-state index < -0.39 is 32.6 Å². The molecule has 0 aliphatic rings. The molecule has 0 aliphatic carbocycles. The third kappa shape index (κ3) is 5.23. The molecule has 7 nitrogen and oxygen atoms in total. The minimum Gasteiger partial charge on any atom is -0.493 e. The van der Waals surface area contributed by atoms with Crippen LogP contribution in [0.5, 0.6) is 11.5 Å². The van der Waals surface area contributed by atoms with E-state index >= 15 is 0 Å². The van der Waals surface area contributed by atoms with Crippen LogP contribution in [-0.4, -0.2) is 33.7 Å². The Balaban J connectivity index is 2.59. The zero-order chi connectivity index (χ0) is 22.7. The highest BCUT2D eigenvalue weighted by atomic mass is 32.2. The molecule has 0 spiro atoms. The number of carboxylic acid groups (broad SMARTS) is 1. The highest BCUT2D eigenvalue weighted by molar-refractivity contribution is 7.92. The average Bonchev–Trinajstić information content (AvgIpc) is 2.65. The van der Waals surface area contributed by atoms with E-state index in [2.05, 4.69) is 4.72 Å². The average molecular weight is 445 g/mol. The second-order valence-electron chi connectivity index (χ2n) is 6.06. The van der Waals surface area contributed by atoms with Crippen molar-refractivity contribution in [3.63, 3.8) is 0 Å². The quantitative estimate of drug-likeness (QED) is 0.627. The van der Waals surface area contributed by atoms with Crippen molar-refractivity contribution < 1.29 is 41.0 Å². The molecule has 0 aliphatic heterocycles. The van der Waals surface area contributed by atoms with Crippen LogP contribution >= 0.6 is 0 Å². The molecular formula is C19H18F3NO6S. The van der Waals surface area contributed by atoms with E-state index in [1.807, 2.05) is 0 Å². The number of carbonyl (C=O) groups is 1. The number of benzene rings is 2. The second-order valence-corrected chi connectivity index (χ2v) is 7.71. The Morgan fingerprint density at radius 1 is 1.13 bits per heavy atom. The fourth-order valence-electron chi connectivity index (χ4n) is 2.61. The van der Waals surface area contributed by atoms with Crippen molar-refractivity contribution in [3.05, 3.63) is 53.1 Å². The fourth-order valence-corrected chi connectivity index (χ4v) is 3.88. The van der Waals surface area contributed by atoms with Gasteiger partial charge in [0.25, 0.3) is 10.0 Å². The zero-order valence-corrected chi connectivity index (χ0v) is 16.9. The Kier molecular flexibility index (Phi) is 6.66. The maximum absolute atomic E-state index is 13.1. The van der Waals surface area contributed by atoms with Crippen molar-refractivity contribution in [2.75, 3.05) is 18.9 Å². The lowest BCUT2D eigenvalue weighted by atomic mass is 10.1. The van der Waals surface area contributed by atoms with Gasteiger partial charge in [0.2, 0.25) is 0 Å². The molecular weight excluding hydrogens is 427 g/mol. The van der Waals surface area contributed by atoms with Crippen LogP contribution in [-0.2, 0) is 21.0 Å². The molecule has 162 valence electrons. The monoisotopic (exact) mass is 445 g/mol. The lowest BCUT2D eigenvalue weighted by Crippen LogP contribution is -2.16. The van der Waals surface area contributed by atoms with E-state index in [4.69, 9.17) is 14.6 Å². The predicted molar refractivity (Wildman–Crippen MR) is 103 cm³/mol. The van der Waals surface area contributed by atoms with Crippen LogP contribution in [0.3, 0.4) is 0 Å². The Hall–Kier alpha value is -3.21. The van der Waals surface area contributed by atoms with Gasteiger partial charge in [0.15, 0.2) is 11.5 Å². The van der Waals surface area contributed by atoms with E-state index in [1.54, 1.807) is 0 Å². The molecule has 0 fully saturated rings. The number of hydrogen-bond acceptors (Lipinski definition) is 5. The Morgan fingerprint density at radius 2 is 1.80 bits per heavy atom. The lowest BCUT2D eigenvalue weighted by Gasteiger charge is -2.17. The van der Waals surface area contributed by atoms with Gasteiger partial charge in [-0.1, -0.05) is 6.07 Å². The first-order chi connectivity index (χ1) is 13.9. The number of sulfonamides is 1. The minimum absolute atomic E-state index is 0.00898. The summed E-state index contributed by atoms with van der Waals surface area (Å²) in [5, 5.41) is 8.77. The molecule has 11 heteroatoms. The second kappa shape index (κ2) is 8.66. The van der Waals surface area contributed by atoms with Crippen LogP contribution in [0.1, 0.15) is 16.7 Å². The van der Waals surface area contributed by atoms with E-state index in [0.29, 0.717) is 6.07 Å². The molecule has 2 aromatic rings. The largest absolute Gasteiger partial charge is 0.493 e. The third-order valence-electron chi connectivity index (χ3n) is 3.97. The highest BCUT2D eigenvalue weighted by Crippen LogP contribution is 2.38. The fraction of sp³-hybridized carbons (Fsp3) is 0.211. The zero-order valence-electron chi connectivity index (χ0n) is 16.1. The Morgan fingerprint density at radius 3 is 2.33 bits per heavy atom. The first-order valence-corrected chi connectivity index (χ1v) is 9.75. The van der Waals surface area contributed by atoms with Gasteiger partial charge in [0, 0.05) is 11.8 Å². The van der Waals surface area contributed by atoms with Gasteiger partial charge in [-0.25, -0.2) is 13.2 Å². The molecule has 0 bridgehead atoms. The summed E-state index contributed by atoms with van der Waals surface area (Å²) in [6.45, 7) is 1.26. The van der Waals surface area contributed by atoms with Crippen LogP contribution in [0.15, 0.2) is 41.3 Å². The van der Waals surface area contributed by atoms with E-state index in [9.17, 15) is 26.4 Å². The summed E-state index contributed by atoms with van der Waals surface area (Å²) in [7, 11) is -1.98. The molecule has 0 unspecified atom stereocenters. The normalized spacial score (nSPS) is 12.1. The molecule has 0 aromatic heterocycles. The molecule has 30 heavy (non-hydrogen) atoms. The number of alkyl halides is 3. The van der Waals surface area contributed by atoms with E-state index in [1.165, 1.54) is 33.3 Å². The lowest BCUT2D eigenvalue weighted by molar-refractivity contribution is -0.138. The van der Waals surface area contributed by atoms with Crippen molar-refractivity contribution in [2.45, 2.75) is 18.0 Å². The number of hydrogen-bond donors (Lipinski definition) is 2. The molecule has 0 radical (unpaired) electrons. The van der Waals surface area contributed by atoms with Crippen LogP contribution < -0.4 is 14.2 Å². The molecule has 0 saturated heterocycles. The first kappa shape index (κ1) is 23.1. The van der Waals surface area contributed by atoms with Crippen molar-refractivity contribution in [2.24, 2.45) is 0 Å². The maximum Gasteiger partial charge on any atom is 0.416 e. The standard InChI is InChI=1S/C19H18F3NO6S/c1-11-4-6-13(10-14(11)19(20,21)22)23-30(26,27)16-9-12(5-7-17(24)25)8-15(28-2)18(16)29-3/h4-10,23H,1-3H3,(H,24,25)/b7-5+. The number of aryl methyl sites for hydroxylation is 1. The minimum atomic E-state index is -4.66. The highest BCUT2D eigenvalue weighted by Gasteiger charge is 2.33. The van der Waals surface area contributed by atoms with Gasteiger partial charge in [-0.2, -0.15) is 13.2 Å². The van der Waals surface area contributed by atoms with Gasteiger partial charge in [-0.15, -0.1) is 0 Å². The van der Waals surface area contributed by atoms with Gasteiger partial charge in [0.1, 0.15) is 4.90 Å². The van der Waals surface area contributed by atoms with Gasteiger partial charge in [0.05, 0.1) is 19.8 Å². The molecule has 0 saturated carbocycles. The Bertz CT molecular complexity index is 1090. The molecule has 2 aromatic carbocycles. The molecule has 2 N–H and O–H groups in total. The summed E-state index contributed by atoms with van der Waals surface area (Å²) in [6, 6.07) is 5.49. The number of aliphatic carboxylic acids is 1. The van der Waals surface area contributed by atoms with Crippen LogP contribution in [0.2, 0.25) is 0 Å². The van der Waals surface area contributed by atoms with Crippen molar-refractivity contribution in [3.8, 4) is 11.5 Å². The number of halogens is 3. The summed E-state index contributed by atoms with van der Waals surface area (Å²) in [4.78, 5) is 10.3. The van der Waals surface area contributed by atoms with Gasteiger partial charge in [-0.05, 0) is 48.4 Å². The summed E-state index contributed by atoms with van der Waals surface area (Å²) in [6.07, 6.45) is -2.73. The van der Waals surface area contributed by atoms with Crippen LogP contribution in [0.4, 0.5) is 18.9 Å². The first-order valence-electron chi connectivity index (χ1n) is 8.26. The third-order valence-corrected chi connectivity index (χ3v) is 5.36. The molecule has 2 rings (SSSR count). The summed E-state index contributed by atoms with van der Waals surface area (Å²) < 4.78 is 77.5. The van der Waals surface area contributed by atoms with Gasteiger partial charge < -0.3 is 14.6 Å².